The van der Waals surface area contributed by atoms with E-state index in [0.717, 1.165) is 19.3 Å². The monoisotopic (exact) mass is 264 g/mol. The van der Waals surface area contributed by atoms with Gasteiger partial charge < -0.3 is 5.11 Å². The first-order valence-corrected chi connectivity index (χ1v) is 7.78. The maximum atomic E-state index is 11.9. The summed E-state index contributed by atoms with van der Waals surface area (Å²) in [5.74, 6) is 0.148. The maximum Gasteiger partial charge on any atom is 0.279 e. The number of hydrogen-bond acceptors (Lipinski definition) is 3. The van der Waals surface area contributed by atoms with Crippen molar-refractivity contribution in [1.29, 1.82) is 0 Å². The first kappa shape index (κ1) is 14.9. The first-order chi connectivity index (χ1) is 7.92. The molecule has 0 amide bonds. The van der Waals surface area contributed by atoms with Gasteiger partial charge in [-0.1, -0.05) is 13.3 Å². The van der Waals surface area contributed by atoms with E-state index in [-0.39, 0.29) is 12.0 Å². The lowest BCUT2D eigenvalue weighted by Gasteiger charge is -2.26. The van der Waals surface area contributed by atoms with E-state index >= 15 is 0 Å². The summed E-state index contributed by atoms with van der Waals surface area (Å²) in [6.45, 7) is 5.30. The quantitative estimate of drug-likeness (QED) is 0.742. The largest absolute Gasteiger partial charge is 0.393 e. The third-order valence-electron chi connectivity index (χ3n) is 3.01. The normalized spacial score (nSPS) is 22.3. The van der Waals surface area contributed by atoms with Crippen molar-refractivity contribution in [1.82, 2.24) is 9.03 Å². The van der Waals surface area contributed by atoms with E-state index in [0.29, 0.717) is 26.1 Å². The standard InChI is InChI=1S/C11H24N2O3S/c1-10(8-11(2)14)9-12-17(15,16)13-6-4-3-5-7-13/h10-12,14H,3-9H2,1-2H3. The number of aliphatic hydroxyl groups is 1. The van der Waals surface area contributed by atoms with Gasteiger partial charge in [0.25, 0.3) is 10.2 Å². The highest BCUT2D eigenvalue weighted by Crippen LogP contribution is 2.12. The fourth-order valence-electron chi connectivity index (χ4n) is 2.11. The van der Waals surface area contributed by atoms with E-state index in [1.54, 1.807) is 6.92 Å². The van der Waals surface area contributed by atoms with E-state index in [1.807, 2.05) is 6.92 Å². The fourth-order valence-corrected chi connectivity index (χ4v) is 3.53. The summed E-state index contributed by atoms with van der Waals surface area (Å²) in [6.07, 6.45) is 3.24. The number of aliphatic hydroxyl groups excluding tert-OH is 1. The first-order valence-electron chi connectivity index (χ1n) is 6.34. The number of nitrogens with zero attached hydrogens (tertiary/aromatic N) is 1. The minimum absolute atomic E-state index is 0.148. The highest BCUT2D eigenvalue weighted by Gasteiger charge is 2.23. The predicted molar refractivity (Wildman–Crippen MR) is 67.8 cm³/mol. The van der Waals surface area contributed by atoms with E-state index in [1.165, 1.54) is 4.31 Å². The van der Waals surface area contributed by atoms with Crippen molar-refractivity contribution >= 4 is 10.2 Å². The highest BCUT2D eigenvalue weighted by molar-refractivity contribution is 7.87. The van der Waals surface area contributed by atoms with Crippen molar-refractivity contribution in [3.05, 3.63) is 0 Å². The molecule has 1 aliphatic heterocycles. The van der Waals surface area contributed by atoms with Gasteiger partial charge >= 0.3 is 0 Å². The Hall–Kier alpha value is -0.170. The molecule has 2 N–H and O–H groups in total. The number of piperidine rings is 1. The summed E-state index contributed by atoms with van der Waals surface area (Å²) in [7, 11) is -3.31. The van der Waals surface area contributed by atoms with Gasteiger partial charge in [-0.2, -0.15) is 12.7 Å². The Labute approximate surface area is 104 Å². The van der Waals surface area contributed by atoms with Crippen LogP contribution in [-0.4, -0.2) is 43.6 Å². The molecule has 0 bridgehead atoms. The molecule has 0 radical (unpaired) electrons. The SMILES string of the molecule is CC(O)CC(C)CNS(=O)(=O)N1CCCCC1. The van der Waals surface area contributed by atoms with Crippen LogP contribution in [0.15, 0.2) is 0 Å². The van der Waals surface area contributed by atoms with E-state index in [4.69, 9.17) is 0 Å². The lowest BCUT2D eigenvalue weighted by atomic mass is 10.1. The van der Waals surface area contributed by atoms with Gasteiger partial charge in [0.2, 0.25) is 0 Å². The molecule has 1 heterocycles. The topological polar surface area (TPSA) is 69.6 Å². The van der Waals surface area contributed by atoms with Gasteiger partial charge in [0, 0.05) is 19.6 Å². The molecule has 1 rings (SSSR count). The molecule has 0 aromatic carbocycles. The molecular formula is C11H24N2O3S. The number of nitrogens with one attached hydrogen (secondary N) is 1. The van der Waals surface area contributed by atoms with Gasteiger partial charge in [0.05, 0.1) is 6.10 Å². The lowest BCUT2D eigenvalue weighted by molar-refractivity contribution is 0.164. The zero-order valence-corrected chi connectivity index (χ0v) is 11.5. The smallest absolute Gasteiger partial charge is 0.279 e. The van der Waals surface area contributed by atoms with Crippen LogP contribution in [0.1, 0.15) is 39.5 Å². The predicted octanol–water partition coefficient (Wildman–Crippen LogP) is 0.714. The average molecular weight is 264 g/mol. The van der Waals surface area contributed by atoms with Crippen molar-refractivity contribution in [2.24, 2.45) is 5.92 Å². The molecule has 102 valence electrons. The Kier molecular flexibility index (Phi) is 5.85. The Morgan fingerprint density at radius 1 is 1.24 bits per heavy atom. The van der Waals surface area contributed by atoms with Crippen LogP contribution in [-0.2, 0) is 10.2 Å². The van der Waals surface area contributed by atoms with Crippen molar-refractivity contribution in [2.75, 3.05) is 19.6 Å². The third kappa shape index (κ3) is 5.33. The van der Waals surface area contributed by atoms with Gasteiger partial charge in [0.1, 0.15) is 0 Å². The Morgan fingerprint density at radius 2 is 1.82 bits per heavy atom. The molecule has 0 aromatic heterocycles. The van der Waals surface area contributed by atoms with E-state index in [9.17, 15) is 13.5 Å². The molecule has 0 aromatic rings. The molecule has 0 aliphatic carbocycles. The molecule has 17 heavy (non-hydrogen) atoms. The molecule has 1 saturated heterocycles. The summed E-state index contributed by atoms with van der Waals surface area (Å²) in [4.78, 5) is 0. The molecular weight excluding hydrogens is 240 g/mol. The summed E-state index contributed by atoms with van der Waals surface area (Å²) < 4.78 is 28.0. The van der Waals surface area contributed by atoms with Gasteiger partial charge in [-0.05, 0) is 32.1 Å². The summed E-state index contributed by atoms with van der Waals surface area (Å²) in [5, 5.41) is 9.21. The van der Waals surface area contributed by atoms with Gasteiger partial charge in [-0.3, -0.25) is 0 Å². The fraction of sp³-hybridized carbons (Fsp3) is 1.00. The molecule has 1 aliphatic rings. The maximum absolute atomic E-state index is 11.9. The molecule has 5 nitrogen and oxygen atoms in total. The number of rotatable bonds is 6. The Balaban J connectivity index is 2.38. The van der Waals surface area contributed by atoms with Gasteiger partial charge in [-0.15, -0.1) is 0 Å². The molecule has 1 fully saturated rings. The summed E-state index contributed by atoms with van der Waals surface area (Å²) >= 11 is 0. The minimum atomic E-state index is -3.31. The van der Waals surface area contributed by atoms with Crippen LogP contribution >= 0.6 is 0 Å². The van der Waals surface area contributed by atoms with Crippen LogP contribution in [0.25, 0.3) is 0 Å². The average Bonchev–Trinajstić information content (AvgIpc) is 2.27. The Bertz CT molecular complexity index is 311. The second-order valence-electron chi connectivity index (χ2n) is 5.00. The zero-order chi connectivity index (χ0) is 12.9. The van der Waals surface area contributed by atoms with Crippen LogP contribution in [0, 0.1) is 5.92 Å². The van der Waals surface area contributed by atoms with Crippen LogP contribution in [0.4, 0.5) is 0 Å². The molecule has 0 spiro atoms. The second-order valence-corrected chi connectivity index (χ2v) is 6.76. The van der Waals surface area contributed by atoms with E-state index in [2.05, 4.69) is 4.72 Å². The second kappa shape index (κ2) is 6.68. The van der Waals surface area contributed by atoms with Crippen molar-refractivity contribution in [3.8, 4) is 0 Å². The third-order valence-corrected chi connectivity index (χ3v) is 4.59. The van der Waals surface area contributed by atoms with Crippen molar-refractivity contribution in [2.45, 2.75) is 45.6 Å². The van der Waals surface area contributed by atoms with Crippen LogP contribution in [0.2, 0.25) is 0 Å². The van der Waals surface area contributed by atoms with Crippen molar-refractivity contribution in [3.63, 3.8) is 0 Å². The summed E-state index contributed by atoms with van der Waals surface area (Å²) in [5.41, 5.74) is 0. The Morgan fingerprint density at radius 3 is 2.35 bits per heavy atom. The van der Waals surface area contributed by atoms with E-state index < -0.39 is 10.2 Å². The molecule has 6 heteroatoms. The van der Waals surface area contributed by atoms with Crippen molar-refractivity contribution < 1.29 is 13.5 Å². The van der Waals surface area contributed by atoms with Gasteiger partial charge in [-0.25, -0.2) is 4.72 Å². The zero-order valence-electron chi connectivity index (χ0n) is 10.7. The van der Waals surface area contributed by atoms with Gasteiger partial charge in [0.15, 0.2) is 0 Å². The highest BCUT2D eigenvalue weighted by atomic mass is 32.2. The van der Waals surface area contributed by atoms with Crippen LogP contribution in [0.5, 0.6) is 0 Å². The number of hydrogen-bond donors (Lipinski definition) is 2. The molecule has 0 saturated carbocycles. The lowest BCUT2D eigenvalue weighted by Crippen LogP contribution is -2.44. The van der Waals surface area contributed by atoms with Crippen LogP contribution in [0.3, 0.4) is 0 Å². The summed E-state index contributed by atoms with van der Waals surface area (Å²) in [6, 6.07) is 0. The minimum Gasteiger partial charge on any atom is -0.393 e. The molecule has 2 atom stereocenters. The molecule has 2 unspecified atom stereocenters. The van der Waals surface area contributed by atoms with Crippen LogP contribution < -0.4 is 4.72 Å².